The number of nitrogens with zero attached hydrogens (tertiary/aromatic N) is 2. The summed E-state index contributed by atoms with van der Waals surface area (Å²) in [4.78, 5) is 12.0. The highest BCUT2D eigenvalue weighted by Gasteiger charge is 2.05. The number of para-hydroxylation sites is 1. The second-order valence-corrected chi connectivity index (χ2v) is 6.25. The Hall–Kier alpha value is -3.86. The molecule has 0 aliphatic heterocycles. The van der Waals surface area contributed by atoms with E-state index < -0.39 is 0 Å². The summed E-state index contributed by atoms with van der Waals surface area (Å²) >= 11 is 0. The molecule has 4 rings (SSSR count). The van der Waals surface area contributed by atoms with Crippen molar-refractivity contribution in [2.24, 2.45) is 5.10 Å². The van der Waals surface area contributed by atoms with Crippen molar-refractivity contribution >= 4 is 22.9 Å². The predicted molar refractivity (Wildman–Crippen MR) is 111 cm³/mol. The molecule has 28 heavy (non-hydrogen) atoms. The van der Waals surface area contributed by atoms with Crippen molar-refractivity contribution in [2.75, 3.05) is 6.61 Å². The molecule has 1 heterocycles. The van der Waals surface area contributed by atoms with Gasteiger partial charge in [0.1, 0.15) is 5.75 Å². The van der Waals surface area contributed by atoms with Crippen molar-refractivity contribution in [3.8, 4) is 11.4 Å². The molecule has 5 nitrogen and oxygen atoms in total. The molecule has 0 bridgehead atoms. The van der Waals surface area contributed by atoms with Crippen molar-refractivity contribution in [3.63, 3.8) is 0 Å². The highest BCUT2D eigenvalue weighted by molar-refractivity contribution is 5.89. The van der Waals surface area contributed by atoms with Gasteiger partial charge in [-0.3, -0.25) is 4.79 Å². The van der Waals surface area contributed by atoms with Crippen LogP contribution in [0.25, 0.3) is 16.5 Å². The average molecular weight is 369 g/mol. The van der Waals surface area contributed by atoms with Gasteiger partial charge in [0.05, 0.1) is 6.21 Å². The van der Waals surface area contributed by atoms with Crippen molar-refractivity contribution in [2.45, 2.75) is 0 Å². The van der Waals surface area contributed by atoms with Crippen LogP contribution in [-0.4, -0.2) is 23.3 Å². The first kappa shape index (κ1) is 17.5. The molecular formula is C23H19N3O2. The maximum Gasteiger partial charge on any atom is 0.277 e. The van der Waals surface area contributed by atoms with Crippen LogP contribution >= 0.6 is 0 Å². The number of hydrogen-bond donors (Lipinski definition) is 1. The number of aromatic nitrogens is 1. The molecule has 1 N–H and O–H groups in total. The molecule has 0 fully saturated rings. The third-order valence-electron chi connectivity index (χ3n) is 4.28. The van der Waals surface area contributed by atoms with Crippen LogP contribution in [0.5, 0.6) is 5.75 Å². The summed E-state index contributed by atoms with van der Waals surface area (Å²) in [6.07, 6.45) is 5.50. The number of amides is 1. The lowest BCUT2D eigenvalue weighted by atomic mass is 10.1. The molecule has 138 valence electrons. The van der Waals surface area contributed by atoms with Gasteiger partial charge in [-0.25, -0.2) is 5.43 Å². The van der Waals surface area contributed by atoms with Gasteiger partial charge in [-0.1, -0.05) is 54.6 Å². The number of rotatable bonds is 6. The summed E-state index contributed by atoms with van der Waals surface area (Å²) in [6, 6.07) is 25.6. The van der Waals surface area contributed by atoms with Crippen molar-refractivity contribution in [1.82, 2.24) is 9.99 Å². The van der Waals surface area contributed by atoms with Crippen LogP contribution in [0.4, 0.5) is 0 Å². The van der Waals surface area contributed by atoms with Gasteiger partial charge < -0.3 is 9.30 Å². The van der Waals surface area contributed by atoms with E-state index in [2.05, 4.69) is 10.5 Å². The molecule has 0 atom stereocenters. The SMILES string of the molecule is O=C(COc1cccc2ccccc12)N/N=C/c1ccn(-c2ccccc2)c1. The minimum absolute atomic E-state index is 0.101. The topological polar surface area (TPSA) is 55.6 Å². The third-order valence-corrected chi connectivity index (χ3v) is 4.28. The minimum Gasteiger partial charge on any atom is -0.483 e. The summed E-state index contributed by atoms with van der Waals surface area (Å²) < 4.78 is 7.65. The lowest BCUT2D eigenvalue weighted by molar-refractivity contribution is -0.123. The number of benzene rings is 3. The Labute approximate surface area is 162 Å². The van der Waals surface area contributed by atoms with Gasteiger partial charge in [-0.15, -0.1) is 0 Å². The number of hydrogen-bond acceptors (Lipinski definition) is 3. The van der Waals surface area contributed by atoms with Crippen molar-refractivity contribution < 1.29 is 9.53 Å². The van der Waals surface area contributed by atoms with Gasteiger partial charge in [-0.05, 0) is 29.7 Å². The van der Waals surface area contributed by atoms with Crippen LogP contribution in [0.1, 0.15) is 5.56 Å². The maximum atomic E-state index is 12.0. The standard InChI is InChI=1S/C23H19N3O2/c27-23(17-28-22-12-6-8-19-7-4-5-11-21(19)22)25-24-15-18-13-14-26(16-18)20-9-2-1-3-10-20/h1-16H,17H2,(H,25,27)/b24-15+. The van der Waals surface area contributed by atoms with Gasteiger partial charge in [0.25, 0.3) is 5.91 Å². The second kappa shape index (κ2) is 8.22. The molecule has 0 aliphatic rings. The van der Waals surface area contributed by atoms with Gasteiger partial charge in [-0.2, -0.15) is 5.10 Å². The monoisotopic (exact) mass is 369 g/mol. The molecule has 0 saturated heterocycles. The van der Waals surface area contributed by atoms with E-state index in [-0.39, 0.29) is 12.5 Å². The molecule has 3 aromatic carbocycles. The highest BCUT2D eigenvalue weighted by atomic mass is 16.5. The second-order valence-electron chi connectivity index (χ2n) is 6.25. The lowest BCUT2D eigenvalue weighted by Crippen LogP contribution is -2.24. The minimum atomic E-state index is -0.313. The van der Waals surface area contributed by atoms with Gasteiger partial charge >= 0.3 is 0 Å². The molecule has 4 aromatic rings. The van der Waals surface area contributed by atoms with Gasteiger partial charge in [0.15, 0.2) is 6.61 Å². The number of ether oxygens (including phenoxy) is 1. The molecule has 0 saturated carbocycles. The Bertz CT molecular complexity index is 1110. The number of nitrogens with one attached hydrogen (secondary N) is 1. The van der Waals surface area contributed by atoms with Crippen LogP contribution < -0.4 is 10.2 Å². The van der Waals surface area contributed by atoms with Crippen LogP contribution in [0, 0.1) is 0 Å². The smallest absolute Gasteiger partial charge is 0.277 e. The summed E-state index contributed by atoms with van der Waals surface area (Å²) in [5.41, 5.74) is 4.45. The maximum absolute atomic E-state index is 12.0. The zero-order valence-electron chi connectivity index (χ0n) is 15.2. The van der Waals surface area contributed by atoms with E-state index in [9.17, 15) is 4.79 Å². The number of carbonyl (C=O) groups excluding carboxylic acids is 1. The Balaban J connectivity index is 1.33. The average Bonchev–Trinajstić information content (AvgIpc) is 3.22. The van der Waals surface area contributed by atoms with Crippen LogP contribution in [0.2, 0.25) is 0 Å². The van der Waals surface area contributed by atoms with E-state index in [1.54, 1.807) is 6.21 Å². The number of carbonyl (C=O) groups is 1. The Kier molecular flexibility index (Phi) is 5.15. The van der Waals surface area contributed by atoms with E-state index >= 15 is 0 Å². The fourth-order valence-electron chi connectivity index (χ4n) is 2.93. The summed E-state index contributed by atoms with van der Waals surface area (Å²) in [7, 11) is 0. The van der Waals surface area contributed by atoms with Crippen LogP contribution in [0.15, 0.2) is 96.4 Å². The Morgan fingerprint density at radius 2 is 1.75 bits per heavy atom. The first-order valence-corrected chi connectivity index (χ1v) is 8.95. The number of fused-ring (bicyclic) bond motifs is 1. The molecule has 1 amide bonds. The van der Waals surface area contributed by atoms with Gasteiger partial charge in [0.2, 0.25) is 0 Å². The summed E-state index contributed by atoms with van der Waals surface area (Å²) in [5, 5.41) is 6.05. The van der Waals surface area contributed by atoms with Crippen molar-refractivity contribution in [1.29, 1.82) is 0 Å². The fraction of sp³-hybridized carbons (Fsp3) is 0.0435. The zero-order valence-corrected chi connectivity index (χ0v) is 15.2. The van der Waals surface area contributed by atoms with E-state index in [1.165, 1.54) is 0 Å². The zero-order chi connectivity index (χ0) is 19.2. The highest BCUT2D eigenvalue weighted by Crippen LogP contribution is 2.24. The third kappa shape index (κ3) is 4.10. The Morgan fingerprint density at radius 3 is 2.64 bits per heavy atom. The van der Waals surface area contributed by atoms with E-state index in [0.717, 1.165) is 22.0 Å². The normalized spacial score (nSPS) is 11.0. The van der Waals surface area contributed by atoms with E-state index in [0.29, 0.717) is 5.75 Å². The fourth-order valence-corrected chi connectivity index (χ4v) is 2.93. The largest absolute Gasteiger partial charge is 0.483 e. The number of hydrazone groups is 1. The molecule has 5 heteroatoms. The van der Waals surface area contributed by atoms with Gasteiger partial charge in [0, 0.05) is 29.0 Å². The van der Waals surface area contributed by atoms with E-state index in [4.69, 9.17) is 4.74 Å². The molecule has 0 aliphatic carbocycles. The predicted octanol–water partition coefficient (Wildman–Crippen LogP) is 4.16. The van der Waals surface area contributed by atoms with E-state index in [1.807, 2.05) is 95.8 Å². The summed E-state index contributed by atoms with van der Waals surface area (Å²) in [5.74, 6) is 0.365. The first-order chi connectivity index (χ1) is 13.8. The first-order valence-electron chi connectivity index (χ1n) is 8.95. The molecule has 0 unspecified atom stereocenters. The molecule has 0 radical (unpaired) electrons. The van der Waals surface area contributed by atoms with Crippen LogP contribution in [-0.2, 0) is 4.79 Å². The van der Waals surface area contributed by atoms with Crippen LogP contribution in [0.3, 0.4) is 0 Å². The Morgan fingerprint density at radius 1 is 0.964 bits per heavy atom. The molecular weight excluding hydrogens is 350 g/mol. The molecule has 1 aromatic heterocycles. The lowest BCUT2D eigenvalue weighted by Gasteiger charge is -2.08. The molecule has 0 spiro atoms. The summed E-state index contributed by atoms with van der Waals surface area (Å²) in [6.45, 7) is -0.101. The quantitative estimate of drug-likeness (QED) is 0.410. The van der Waals surface area contributed by atoms with Crippen molar-refractivity contribution in [3.05, 3.63) is 96.8 Å².